The molecule has 1 rings (SSSR count). The minimum Gasteiger partial charge on any atom is -0.460 e. The predicted octanol–water partition coefficient (Wildman–Crippen LogP) is 2.61. The Hall–Kier alpha value is -0.936. The number of pyridine rings is 1. The van der Waals surface area contributed by atoms with Crippen LogP contribution in [0.1, 0.15) is 90.7 Å². The Bertz CT molecular complexity index is 623. The van der Waals surface area contributed by atoms with Gasteiger partial charge < -0.3 is 16.1 Å². The van der Waals surface area contributed by atoms with Gasteiger partial charge in [0.2, 0.25) is 9.76 Å². The summed E-state index contributed by atoms with van der Waals surface area (Å²) in [4.78, 5) is 28.1. The van der Waals surface area contributed by atoms with E-state index < -0.39 is 11.6 Å². The number of esters is 1. The van der Waals surface area contributed by atoms with Crippen LogP contribution in [0.4, 0.5) is 0 Å². The average molecular weight is 428 g/mol. The summed E-state index contributed by atoms with van der Waals surface area (Å²) in [5.74, 6) is -0.286. The largest absolute Gasteiger partial charge is 1.00 e. The van der Waals surface area contributed by atoms with Crippen LogP contribution in [0, 0.1) is 12.8 Å². The second-order valence-corrected chi connectivity index (χ2v) is 10.6. The first kappa shape index (κ1) is 31.3. The van der Waals surface area contributed by atoms with Crippen LogP contribution in [0.3, 0.4) is 0 Å². The van der Waals surface area contributed by atoms with Gasteiger partial charge in [-0.15, -0.1) is 0 Å². The Morgan fingerprint density at radius 2 is 1.73 bits per heavy atom. The van der Waals surface area contributed by atoms with Crippen molar-refractivity contribution in [1.82, 2.24) is 4.98 Å². The van der Waals surface area contributed by atoms with E-state index in [4.69, 9.17) is 9.16 Å². The first-order chi connectivity index (χ1) is 13.3. The number of hydrogen-bond acceptors (Lipinski definition) is 5. The second-order valence-electron chi connectivity index (χ2n) is 8.85. The van der Waals surface area contributed by atoms with E-state index in [0.717, 1.165) is 12.1 Å². The number of carbonyl (C=O) groups excluding carboxylic acids is 2. The molecule has 0 aliphatic rings. The number of ketones is 1. The van der Waals surface area contributed by atoms with Crippen LogP contribution >= 0.6 is 0 Å². The van der Waals surface area contributed by atoms with Crippen molar-refractivity contribution in [2.45, 2.75) is 91.9 Å². The maximum atomic E-state index is 12.1. The third-order valence-electron chi connectivity index (χ3n) is 4.22. The molecule has 2 radical (unpaired) electrons. The molecule has 0 N–H and O–H groups in total. The maximum absolute atomic E-state index is 12.1. The Labute approximate surface area is 198 Å². The molecule has 0 atom stereocenters. The third kappa shape index (κ3) is 14.1. The molecule has 5 nitrogen and oxygen atoms in total. The molecule has 0 fully saturated rings. The number of Topliss-reactive ketones (excluding diaryl/α,β-unsaturated/α-hetero) is 1. The summed E-state index contributed by atoms with van der Waals surface area (Å²) in [6.07, 6.45) is 3.49. The molecule has 0 aliphatic carbocycles. The third-order valence-corrected chi connectivity index (χ3v) is 5.62. The summed E-state index contributed by atoms with van der Waals surface area (Å²) in [5, 5.41) is 0.128. The van der Waals surface area contributed by atoms with E-state index in [1.54, 1.807) is 32.9 Å². The van der Waals surface area contributed by atoms with Crippen LogP contribution in [0.2, 0.25) is 5.04 Å². The minimum absolute atomic E-state index is 0. The summed E-state index contributed by atoms with van der Waals surface area (Å²) >= 11 is 0. The Kier molecular flexibility index (Phi) is 15.6. The molecule has 1 heterocycles. The SMILES string of the molecule is CC(C)C(C)(C)[Si]OCc1ccc(C(=O)CC(=O)OC(C)(C)C)cn1.[CH2-]CCC.[Li+]. The van der Waals surface area contributed by atoms with Gasteiger partial charge in [0.05, 0.1) is 12.3 Å². The molecule has 0 aromatic carbocycles. The standard InChI is InChI=1S/C19H29NO4Si.C4H9.Li/c1-13(2)19(6,7)25-23-12-15-9-8-14(11-20-15)16(21)10-17(22)24-18(3,4)5;1-3-4-2;/h8-9,11,13H,10,12H2,1-7H3;1,3-4H2,2H3;/q;-1;+1. The van der Waals surface area contributed by atoms with Gasteiger partial charge >= 0.3 is 24.8 Å². The van der Waals surface area contributed by atoms with Crippen LogP contribution < -0.4 is 18.9 Å². The molecular weight excluding hydrogens is 389 g/mol. The van der Waals surface area contributed by atoms with Crippen LogP contribution in [0.15, 0.2) is 18.3 Å². The summed E-state index contributed by atoms with van der Waals surface area (Å²) in [5.41, 5.74) is 0.571. The summed E-state index contributed by atoms with van der Waals surface area (Å²) in [7, 11) is 0.380. The van der Waals surface area contributed by atoms with Crippen molar-refractivity contribution in [3.63, 3.8) is 0 Å². The average Bonchev–Trinajstić information content (AvgIpc) is 2.60. The normalized spacial score (nSPS) is 11.3. The van der Waals surface area contributed by atoms with Crippen molar-refractivity contribution in [3.05, 3.63) is 36.5 Å². The molecule has 7 heteroatoms. The Morgan fingerprint density at radius 3 is 2.13 bits per heavy atom. The van der Waals surface area contributed by atoms with Gasteiger partial charge in [0, 0.05) is 11.8 Å². The molecule has 0 bridgehead atoms. The number of carbonyl (C=O) groups is 2. The summed E-state index contributed by atoms with van der Waals surface area (Å²) < 4.78 is 10.9. The maximum Gasteiger partial charge on any atom is 1.00 e. The van der Waals surface area contributed by atoms with Crippen molar-refractivity contribution in [2.75, 3.05) is 0 Å². The molecule has 164 valence electrons. The Balaban J connectivity index is 0. The fourth-order valence-corrected chi connectivity index (χ4v) is 2.53. The first-order valence-corrected chi connectivity index (χ1v) is 11.1. The van der Waals surface area contributed by atoms with Gasteiger partial charge in [-0.3, -0.25) is 14.6 Å². The molecule has 0 unspecified atom stereocenters. The quantitative estimate of drug-likeness (QED) is 0.199. The number of hydrogen-bond donors (Lipinski definition) is 0. The van der Waals surface area contributed by atoms with Crippen LogP contribution in [-0.2, 0) is 20.6 Å². The molecule has 30 heavy (non-hydrogen) atoms. The molecule has 0 spiro atoms. The molecule has 0 saturated heterocycles. The predicted molar refractivity (Wildman–Crippen MR) is 119 cm³/mol. The number of nitrogens with zero attached hydrogens (tertiary/aromatic N) is 1. The topological polar surface area (TPSA) is 65.5 Å². The molecule has 0 saturated carbocycles. The van der Waals surface area contributed by atoms with Crippen molar-refractivity contribution in [2.24, 2.45) is 5.92 Å². The number of ether oxygens (including phenoxy) is 1. The van der Waals surface area contributed by atoms with Gasteiger partial charge in [-0.2, -0.15) is 6.42 Å². The molecular formula is C23H38LiNO4Si. The van der Waals surface area contributed by atoms with Crippen molar-refractivity contribution < 1.29 is 37.6 Å². The first-order valence-electron chi connectivity index (χ1n) is 10.2. The van der Waals surface area contributed by atoms with Gasteiger partial charge in [-0.1, -0.05) is 41.0 Å². The van der Waals surface area contributed by atoms with Gasteiger partial charge in [-0.05, 0) is 43.9 Å². The van der Waals surface area contributed by atoms with Crippen LogP contribution in [0.25, 0.3) is 0 Å². The fourth-order valence-electron chi connectivity index (χ4n) is 1.70. The van der Waals surface area contributed by atoms with Crippen molar-refractivity contribution in [3.8, 4) is 0 Å². The fraction of sp³-hybridized carbons (Fsp3) is 0.652. The van der Waals surface area contributed by atoms with Gasteiger partial charge in [0.1, 0.15) is 12.0 Å². The van der Waals surface area contributed by atoms with E-state index in [-0.39, 0.29) is 36.1 Å². The van der Waals surface area contributed by atoms with Crippen LogP contribution in [-0.4, -0.2) is 32.1 Å². The van der Waals surface area contributed by atoms with Crippen molar-refractivity contribution in [1.29, 1.82) is 0 Å². The molecule has 1 aromatic rings. The van der Waals surface area contributed by atoms with Gasteiger partial charge in [0.25, 0.3) is 0 Å². The van der Waals surface area contributed by atoms with E-state index in [2.05, 4.69) is 46.5 Å². The zero-order valence-electron chi connectivity index (χ0n) is 20.4. The zero-order chi connectivity index (χ0) is 22.7. The van der Waals surface area contributed by atoms with Crippen molar-refractivity contribution >= 4 is 21.5 Å². The molecule has 0 amide bonds. The Morgan fingerprint density at radius 1 is 1.17 bits per heavy atom. The number of unbranched alkanes of at least 4 members (excludes halogenated alkanes) is 1. The van der Waals surface area contributed by atoms with E-state index in [9.17, 15) is 9.59 Å². The van der Waals surface area contributed by atoms with Crippen LogP contribution in [0.5, 0.6) is 0 Å². The summed E-state index contributed by atoms with van der Waals surface area (Å²) in [6, 6.07) is 3.43. The second kappa shape index (κ2) is 15.0. The molecule has 0 aliphatic heterocycles. The molecule has 1 aromatic heterocycles. The van der Waals surface area contributed by atoms with E-state index in [0.29, 0.717) is 27.9 Å². The summed E-state index contributed by atoms with van der Waals surface area (Å²) in [6.45, 7) is 20.2. The monoisotopic (exact) mass is 427 g/mol. The zero-order valence-corrected chi connectivity index (χ0v) is 21.4. The number of aromatic nitrogens is 1. The van der Waals surface area contributed by atoms with E-state index in [1.807, 2.05) is 0 Å². The smallest absolute Gasteiger partial charge is 0.460 e. The van der Waals surface area contributed by atoms with E-state index >= 15 is 0 Å². The van der Waals surface area contributed by atoms with E-state index in [1.165, 1.54) is 12.6 Å². The van der Waals surface area contributed by atoms with Gasteiger partial charge in [0.15, 0.2) is 5.78 Å². The van der Waals surface area contributed by atoms with Gasteiger partial charge in [-0.25, -0.2) is 0 Å². The number of rotatable bonds is 9. The minimum atomic E-state index is -0.596.